The van der Waals surface area contributed by atoms with Gasteiger partial charge in [-0.2, -0.15) is 5.10 Å². The lowest BCUT2D eigenvalue weighted by Gasteiger charge is -2.29. The number of carbonyl (C=O) groups is 1. The second-order valence-electron chi connectivity index (χ2n) is 6.14. The largest absolute Gasteiger partial charge is 0.484 e. The molecule has 0 unspecified atom stereocenters. The van der Waals surface area contributed by atoms with Crippen LogP contribution in [0.2, 0.25) is 5.02 Å². The highest BCUT2D eigenvalue weighted by molar-refractivity contribution is 6.30. The number of ether oxygens (including phenoxy) is 2. The van der Waals surface area contributed by atoms with Crippen LogP contribution in [-0.2, 0) is 9.53 Å². The zero-order valence-electron chi connectivity index (χ0n) is 15.4. The van der Waals surface area contributed by atoms with Gasteiger partial charge in [-0.1, -0.05) is 11.6 Å². The van der Waals surface area contributed by atoms with Crippen LogP contribution in [0.5, 0.6) is 5.75 Å². The Kier molecular flexibility index (Phi) is 6.99. The van der Waals surface area contributed by atoms with Gasteiger partial charge in [0.25, 0.3) is 11.6 Å². The van der Waals surface area contributed by atoms with E-state index in [1.807, 2.05) is 0 Å². The number of anilines is 1. The summed E-state index contributed by atoms with van der Waals surface area (Å²) in [7, 11) is 0. The first-order chi connectivity index (χ1) is 14.0. The first kappa shape index (κ1) is 20.6. The third-order valence-electron chi connectivity index (χ3n) is 4.15. The Hall–Kier alpha value is -3.17. The van der Waals surface area contributed by atoms with Crippen LogP contribution < -0.4 is 15.1 Å². The van der Waals surface area contributed by atoms with Crippen LogP contribution >= 0.6 is 11.6 Å². The van der Waals surface area contributed by atoms with Crippen molar-refractivity contribution in [2.24, 2.45) is 5.10 Å². The van der Waals surface area contributed by atoms with Crippen molar-refractivity contribution < 1.29 is 19.2 Å². The molecule has 1 aliphatic heterocycles. The van der Waals surface area contributed by atoms with Gasteiger partial charge in [-0.25, -0.2) is 5.43 Å². The molecule has 2 aromatic carbocycles. The molecule has 10 heteroatoms. The first-order valence-corrected chi connectivity index (χ1v) is 9.22. The summed E-state index contributed by atoms with van der Waals surface area (Å²) in [5.74, 6) is 0.0383. The Bertz CT molecular complexity index is 898. The lowest BCUT2D eigenvalue weighted by molar-refractivity contribution is -0.384. The molecule has 0 aliphatic carbocycles. The summed E-state index contributed by atoms with van der Waals surface area (Å²) in [5.41, 5.74) is 3.62. The molecule has 29 heavy (non-hydrogen) atoms. The zero-order chi connectivity index (χ0) is 20.6. The number of nitro groups is 1. The van der Waals surface area contributed by atoms with Crippen LogP contribution in [0.3, 0.4) is 0 Å². The van der Waals surface area contributed by atoms with Gasteiger partial charge in [0, 0.05) is 41.5 Å². The van der Waals surface area contributed by atoms with Crippen LogP contribution in [0, 0.1) is 10.1 Å². The topological polar surface area (TPSA) is 106 Å². The minimum Gasteiger partial charge on any atom is -0.484 e. The standard InChI is InChI=1S/C19H19ClN4O5/c20-15-1-4-17(5-2-15)29-13-19(25)22-21-12-14-11-16(24(26)27)3-6-18(14)23-7-9-28-10-8-23/h1-6,11-12H,7-10,13H2,(H,22,25)/b21-12+. The SMILES string of the molecule is O=C(COc1ccc(Cl)cc1)N/N=C/c1cc([N+](=O)[O-])ccc1N1CCOCC1. The number of non-ortho nitro benzene ring substituents is 1. The Labute approximate surface area is 172 Å². The van der Waals surface area contributed by atoms with Gasteiger partial charge in [-0.3, -0.25) is 14.9 Å². The number of nitrogens with zero attached hydrogens (tertiary/aromatic N) is 3. The number of carbonyl (C=O) groups excluding carboxylic acids is 1. The fraction of sp³-hybridized carbons (Fsp3) is 0.263. The monoisotopic (exact) mass is 418 g/mol. The van der Waals surface area contributed by atoms with E-state index in [0.717, 1.165) is 5.69 Å². The molecule has 0 spiro atoms. The summed E-state index contributed by atoms with van der Waals surface area (Å²) in [6.07, 6.45) is 1.39. The van der Waals surface area contributed by atoms with E-state index in [1.165, 1.54) is 18.3 Å². The number of hydrogen-bond donors (Lipinski definition) is 1. The molecule has 0 bridgehead atoms. The summed E-state index contributed by atoms with van der Waals surface area (Å²) < 4.78 is 10.7. The van der Waals surface area contributed by atoms with Crippen molar-refractivity contribution in [2.75, 3.05) is 37.8 Å². The third kappa shape index (κ3) is 5.90. The molecule has 0 aromatic heterocycles. The number of amides is 1. The predicted molar refractivity (Wildman–Crippen MR) is 109 cm³/mol. The van der Waals surface area contributed by atoms with Crippen molar-refractivity contribution in [2.45, 2.75) is 0 Å². The average molecular weight is 419 g/mol. The van der Waals surface area contributed by atoms with Crippen molar-refractivity contribution in [3.05, 3.63) is 63.2 Å². The van der Waals surface area contributed by atoms with Gasteiger partial charge in [-0.05, 0) is 30.3 Å². The van der Waals surface area contributed by atoms with Crippen molar-refractivity contribution in [1.29, 1.82) is 0 Å². The molecule has 0 saturated carbocycles. The number of morpholine rings is 1. The molecule has 1 aliphatic rings. The fourth-order valence-corrected chi connectivity index (χ4v) is 2.86. The molecule has 2 aromatic rings. The molecule has 9 nitrogen and oxygen atoms in total. The van der Waals surface area contributed by atoms with E-state index < -0.39 is 10.8 Å². The maximum atomic E-state index is 11.9. The van der Waals surface area contributed by atoms with Crippen molar-refractivity contribution in [1.82, 2.24) is 5.43 Å². The molecular weight excluding hydrogens is 400 g/mol. The number of benzene rings is 2. The number of nitrogens with one attached hydrogen (secondary N) is 1. The summed E-state index contributed by atoms with van der Waals surface area (Å²) in [4.78, 5) is 24.6. The lowest BCUT2D eigenvalue weighted by atomic mass is 10.1. The Morgan fingerprint density at radius 3 is 2.69 bits per heavy atom. The highest BCUT2D eigenvalue weighted by Crippen LogP contribution is 2.25. The Morgan fingerprint density at radius 1 is 1.28 bits per heavy atom. The minimum absolute atomic E-state index is 0.0548. The average Bonchev–Trinajstić information content (AvgIpc) is 2.74. The van der Waals surface area contributed by atoms with E-state index in [-0.39, 0.29) is 12.3 Å². The van der Waals surface area contributed by atoms with E-state index in [2.05, 4.69) is 15.4 Å². The minimum atomic E-state index is -0.473. The molecule has 3 rings (SSSR count). The van der Waals surface area contributed by atoms with Gasteiger partial charge in [0.15, 0.2) is 6.61 Å². The van der Waals surface area contributed by atoms with Crippen molar-refractivity contribution >= 4 is 35.1 Å². The second kappa shape index (κ2) is 9.85. The van der Waals surface area contributed by atoms with E-state index in [4.69, 9.17) is 21.1 Å². The van der Waals surface area contributed by atoms with E-state index >= 15 is 0 Å². The molecular formula is C19H19ClN4O5. The molecule has 1 amide bonds. The van der Waals surface area contributed by atoms with E-state index in [1.54, 1.807) is 30.3 Å². The third-order valence-corrected chi connectivity index (χ3v) is 4.40. The van der Waals surface area contributed by atoms with Gasteiger partial charge in [0.2, 0.25) is 0 Å². The van der Waals surface area contributed by atoms with Gasteiger partial charge in [-0.15, -0.1) is 0 Å². The fourth-order valence-electron chi connectivity index (χ4n) is 2.74. The normalized spacial score (nSPS) is 14.0. The molecule has 1 fully saturated rings. The molecule has 1 N–H and O–H groups in total. The predicted octanol–water partition coefficient (Wildman–Crippen LogP) is 2.61. The van der Waals surface area contributed by atoms with Crippen LogP contribution in [0.25, 0.3) is 0 Å². The molecule has 152 valence electrons. The van der Waals surface area contributed by atoms with E-state index in [0.29, 0.717) is 42.6 Å². The van der Waals surface area contributed by atoms with Crippen LogP contribution in [0.15, 0.2) is 47.6 Å². The molecule has 0 radical (unpaired) electrons. The zero-order valence-corrected chi connectivity index (χ0v) is 16.2. The molecule has 1 heterocycles. The highest BCUT2D eigenvalue weighted by atomic mass is 35.5. The number of rotatable bonds is 7. The number of hydrogen-bond acceptors (Lipinski definition) is 7. The van der Waals surface area contributed by atoms with Gasteiger partial charge < -0.3 is 14.4 Å². The van der Waals surface area contributed by atoms with Gasteiger partial charge in [0.05, 0.1) is 24.4 Å². The van der Waals surface area contributed by atoms with E-state index in [9.17, 15) is 14.9 Å². The summed E-state index contributed by atoms with van der Waals surface area (Å²) in [5, 5.41) is 15.6. The Balaban J connectivity index is 1.64. The first-order valence-electron chi connectivity index (χ1n) is 8.84. The van der Waals surface area contributed by atoms with Gasteiger partial charge in [0.1, 0.15) is 5.75 Å². The summed E-state index contributed by atoms with van der Waals surface area (Å²) >= 11 is 5.79. The number of halogens is 1. The van der Waals surface area contributed by atoms with Crippen LogP contribution in [0.4, 0.5) is 11.4 Å². The summed E-state index contributed by atoms with van der Waals surface area (Å²) in [6, 6.07) is 11.2. The molecule has 1 saturated heterocycles. The number of nitro benzene ring substituents is 1. The lowest BCUT2D eigenvalue weighted by Crippen LogP contribution is -2.36. The maximum absolute atomic E-state index is 11.9. The van der Waals surface area contributed by atoms with Gasteiger partial charge >= 0.3 is 0 Å². The van der Waals surface area contributed by atoms with Crippen LogP contribution in [0.1, 0.15) is 5.56 Å². The summed E-state index contributed by atoms with van der Waals surface area (Å²) in [6.45, 7) is 2.25. The molecule has 0 atom stereocenters. The number of hydrazone groups is 1. The maximum Gasteiger partial charge on any atom is 0.277 e. The Morgan fingerprint density at radius 2 is 2.00 bits per heavy atom. The second-order valence-corrected chi connectivity index (χ2v) is 6.57. The quantitative estimate of drug-likeness (QED) is 0.421. The van der Waals surface area contributed by atoms with Crippen LogP contribution in [-0.4, -0.2) is 50.0 Å². The highest BCUT2D eigenvalue weighted by Gasteiger charge is 2.17. The smallest absolute Gasteiger partial charge is 0.277 e. The van der Waals surface area contributed by atoms with Crippen molar-refractivity contribution in [3.8, 4) is 5.75 Å². The van der Waals surface area contributed by atoms with Crippen molar-refractivity contribution in [3.63, 3.8) is 0 Å².